The number of hydrogen-bond acceptors (Lipinski definition) is 2. The molecule has 20 heavy (non-hydrogen) atoms. The van der Waals surface area contributed by atoms with Crippen molar-refractivity contribution < 1.29 is 0 Å². The van der Waals surface area contributed by atoms with Crippen molar-refractivity contribution in [1.82, 2.24) is 15.3 Å². The van der Waals surface area contributed by atoms with E-state index in [2.05, 4.69) is 43.0 Å². The number of nitrogens with one attached hydrogen (secondary N) is 2. The lowest BCUT2D eigenvalue weighted by Crippen LogP contribution is -2.33. The topological polar surface area (TPSA) is 40.7 Å². The highest BCUT2D eigenvalue weighted by Crippen LogP contribution is 2.37. The Bertz CT molecular complexity index is 377. The van der Waals surface area contributed by atoms with E-state index in [0.29, 0.717) is 17.5 Å². The summed E-state index contributed by atoms with van der Waals surface area (Å²) >= 11 is 0. The predicted molar refractivity (Wildman–Crippen MR) is 84.6 cm³/mol. The van der Waals surface area contributed by atoms with Crippen molar-refractivity contribution in [1.29, 1.82) is 0 Å². The third-order valence-corrected chi connectivity index (χ3v) is 4.89. The lowest BCUT2D eigenvalue weighted by molar-refractivity contribution is 0.213. The van der Waals surface area contributed by atoms with E-state index in [1.165, 1.54) is 32.1 Å². The Kier molecular flexibility index (Phi) is 5.25. The van der Waals surface area contributed by atoms with Gasteiger partial charge in [0.15, 0.2) is 0 Å². The minimum absolute atomic E-state index is 0.376. The Morgan fingerprint density at radius 3 is 2.70 bits per heavy atom. The van der Waals surface area contributed by atoms with Crippen LogP contribution in [0.3, 0.4) is 0 Å². The summed E-state index contributed by atoms with van der Waals surface area (Å²) in [5.74, 6) is 1.96. The van der Waals surface area contributed by atoms with Crippen molar-refractivity contribution in [2.24, 2.45) is 11.3 Å². The quantitative estimate of drug-likeness (QED) is 0.798. The molecule has 1 fully saturated rings. The maximum absolute atomic E-state index is 4.41. The summed E-state index contributed by atoms with van der Waals surface area (Å²) in [6.45, 7) is 9.41. The van der Waals surface area contributed by atoms with Crippen LogP contribution < -0.4 is 5.32 Å². The van der Waals surface area contributed by atoms with E-state index < -0.39 is 0 Å². The van der Waals surface area contributed by atoms with Gasteiger partial charge in [0.25, 0.3) is 0 Å². The average Bonchev–Trinajstić information content (AvgIpc) is 2.80. The molecule has 0 aromatic carbocycles. The van der Waals surface area contributed by atoms with E-state index in [-0.39, 0.29) is 0 Å². The number of hydrogen-bond donors (Lipinski definition) is 2. The van der Waals surface area contributed by atoms with E-state index in [9.17, 15) is 0 Å². The van der Waals surface area contributed by atoms with E-state index in [1.54, 1.807) is 0 Å². The standard InChI is InChI=1S/C17H31N3/c1-5-15(16-18-11-12-19-16)20-14-8-6-7-13(9-10-14)17(2,3)4/h11-15,20H,5-10H2,1-4H3,(H,18,19). The number of rotatable bonds is 4. The van der Waals surface area contributed by atoms with Crippen LogP contribution in [0, 0.1) is 11.3 Å². The van der Waals surface area contributed by atoms with Crippen LogP contribution in [-0.4, -0.2) is 16.0 Å². The molecule has 2 rings (SSSR count). The first-order valence-electron chi connectivity index (χ1n) is 8.26. The molecule has 0 bridgehead atoms. The summed E-state index contributed by atoms with van der Waals surface area (Å²) in [6.07, 6.45) is 11.6. The molecule has 1 aromatic heterocycles. The molecule has 0 aliphatic heterocycles. The van der Waals surface area contributed by atoms with Crippen LogP contribution in [0.1, 0.15) is 78.1 Å². The molecule has 3 nitrogen and oxygen atoms in total. The van der Waals surface area contributed by atoms with Gasteiger partial charge in [-0.3, -0.25) is 0 Å². The molecule has 0 radical (unpaired) electrons. The molecule has 0 saturated heterocycles. The smallest absolute Gasteiger partial charge is 0.123 e. The number of aromatic nitrogens is 2. The van der Waals surface area contributed by atoms with Crippen LogP contribution in [-0.2, 0) is 0 Å². The van der Waals surface area contributed by atoms with E-state index in [0.717, 1.165) is 18.2 Å². The fourth-order valence-corrected chi connectivity index (χ4v) is 3.48. The molecule has 3 heteroatoms. The molecule has 1 heterocycles. The van der Waals surface area contributed by atoms with Crippen molar-refractivity contribution in [3.05, 3.63) is 18.2 Å². The molecular weight excluding hydrogens is 246 g/mol. The summed E-state index contributed by atoms with van der Waals surface area (Å²) in [4.78, 5) is 7.67. The lowest BCUT2D eigenvalue weighted by atomic mass is 9.76. The summed E-state index contributed by atoms with van der Waals surface area (Å²) < 4.78 is 0. The molecule has 1 saturated carbocycles. The second-order valence-electron chi connectivity index (χ2n) is 7.37. The first kappa shape index (κ1) is 15.6. The van der Waals surface area contributed by atoms with Gasteiger partial charge in [0.1, 0.15) is 5.82 Å². The monoisotopic (exact) mass is 277 g/mol. The zero-order valence-corrected chi connectivity index (χ0v) is 13.6. The van der Waals surface area contributed by atoms with Crippen LogP contribution in [0.2, 0.25) is 0 Å². The van der Waals surface area contributed by atoms with Gasteiger partial charge in [-0.2, -0.15) is 0 Å². The summed E-state index contributed by atoms with van der Waals surface area (Å²) in [7, 11) is 0. The average molecular weight is 277 g/mol. The van der Waals surface area contributed by atoms with Gasteiger partial charge in [0.05, 0.1) is 6.04 Å². The van der Waals surface area contributed by atoms with Crippen LogP contribution in [0.15, 0.2) is 12.4 Å². The predicted octanol–water partition coefficient (Wildman–Crippen LogP) is 4.45. The van der Waals surface area contributed by atoms with Gasteiger partial charge in [-0.15, -0.1) is 0 Å². The number of imidazole rings is 1. The van der Waals surface area contributed by atoms with Gasteiger partial charge in [-0.05, 0) is 43.4 Å². The van der Waals surface area contributed by atoms with Crippen molar-refractivity contribution in [2.75, 3.05) is 0 Å². The van der Waals surface area contributed by atoms with Gasteiger partial charge in [0, 0.05) is 18.4 Å². The van der Waals surface area contributed by atoms with Gasteiger partial charge in [0.2, 0.25) is 0 Å². The molecule has 3 atom stereocenters. The molecule has 114 valence electrons. The molecular formula is C17H31N3. The Morgan fingerprint density at radius 1 is 1.30 bits per heavy atom. The van der Waals surface area contributed by atoms with Gasteiger partial charge in [-0.25, -0.2) is 4.98 Å². The first-order valence-corrected chi connectivity index (χ1v) is 8.26. The molecule has 0 spiro atoms. The Morgan fingerprint density at radius 2 is 2.10 bits per heavy atom. The maximum atomic E-state index is 4.41. The molecule has 3 unspecified atom stereocenters. The zero-order valence-electron chi connectivity index (χ0n) is 13.6. The van der Waals surface area contributed by atoms with E-state index in [1.807, 2.05) is 12.4 Å². The maximum Gasteiger partial charge on any atom is 0.123 e. The largest absolute Gasteiger partial charge is 0.347 e. The SMILES string of the molecule is CCC(NC1CCCC(C(C)(C)C)CC1)c1ncc[nH]1. The molecule has 1 aromatic rings. The molecule has 0 amide bonds. The van der Waals surface area contributed by atoms with Gasteiger partial charge in [-0.1, -0.05) is 34.1 Å². The fraction of sp³-hybridized carbons (Fsp3) is 0.824. The minimum Gasteiger partial charge on any atom is -0.347 e. The summed E-state index contributed by atoms with van der Waals surface area (Å²) in [5, 5.41) is 3.83. The zero-order chi connectivity index (χ0) is 14.6. The molecule has 1 aliphatic carbocycles. The normalized spacial score (nSPS) is 26.2. The van der Waals surface area contributed by atoms with Crippen molar-refractivity contribution in [3.8, 4) is 0 Å². The van der Waals surface area contributed by atoms with Crippen molar-refractivity contribution in [2.45, 2.75) is 78.3 Å². The highest BCUT2D eigenvalue weighted by atomic mass is 15.0. The van der Waals surface area contributed by atoms with Crippen LogP contribution in [0.5, 0.6) is 0 Å². The van der Waals surface area contributed by atoms with Crippen molar-refractivity contribution >= 4 is 0 Å². The van der Waals surface area contributed by atoms with Crippen LogP contribution in [0.4, 0.5) is 0 Å². The van der Waals surface area contributed by atoms with Crippen LogP contribution >= 0.6 is 0 Å². The fourth-order valence-electron chi connectivity index (χ4n) is 3.48. The lowest BCUT2D eigenvalue weighted by Gasteiger charge is -2.30. The highest BCUT2D eigenvalue weighted by molar-refractivity contribution is 4.96. The third kappa shape index (κ3) is 4.08. The number of aromatic amines is 1. The Labute approximate surface area is 124 Å². The number of nitrogens with zero attached hydrogens (tertiary/aromatic N) is 1. The second-order valence-corrected chi connectivity index (χ2v) is 7.37. The molecule has 1 aliphatic rings. The van der Waals surface area contributed by atoms with E-state index in [4.69, 9.17) is 0 Å². The van der Waals surface area contributed by atoms with Gasteiger partial charge >= 0.3 is 0 Å². The number of H-pyrrole nitrogens is 1. The third-order valence-electron chi connectivity index (χ3n) is 4.89. The minimum atomic E-state index is 0.376. The first-order chi connectivity index (χ1) is 9.50. The molecule has 2 N–H and O–H groups in total. The van der Waals surface area contributed by atoms with Crippen LogP contribution in [0.25, 0.3) is 0 Å². The highest BCUT2D eigenvalue weighted by Gasteiger charge is 2.28. The Balaban J connectivity index is 1.90. The van der Waals surface area contributed by atoms with Crippen molar-refractivity contribution in [3.63, 3.8) is 0 Å². The van der Waals surface area contributed by atoms with E-state index >= 15 is 0 Å². The summed E-state index contributed by atoms with van der Waals surface area (Å²) in [5.41, 5.74) is 0.458. The Hall–Kier alpha value is -0.830. The van der Waals surface area contributed by atoms with Gasteiger partial charge < -0.3 is 10.3 Å². The summed E-state index contributed by atoms with van der Waals surface area (Å²) in [6, 6.07) is 1.03. The second kappa shape index (κ2) is 6.75.